The van der Waals surface area contributed by atoms with E-state index in [2.05, 4.69) is 22.1 Å². The maximum atomic E-state index is 11.8. The average molecular weight is 281 g/mol. The number of amides is 1. The fourth-order valence-corrected chi connectivity index (χ4v) is 1.84. The molecule has 1 amide bonds. The van der Waals surface area contributed by atoms with Gasteiger partial charge in [0.05, 0.1) is 0 Å². The van der Waals surface area contributed by atoms with Crippen LogP contribution in [0.5, 0.6) is 0 Å². The summed E-state index contributed by atoms with van der Waals surface area (Å²) < 4.78 is 0. The van der Waals surface area contributed by atoms with Crippen LogP contribution in [0.2, 0.25) is 0 Å². The zero-order chi connectivity index (χ0) is 15.1. The van der Waals surface area contributed by atoms with Gasteiger partial charge in [0.2, 0.25) is 0 Å². The van der Waals surface area contributed by atoms with Crippen LogP contribution < -0.4 is 5.43 Å². The molecule has 1 N–H and O–H groups in total. The second kappa shape index (κ2) is 7.09. The summed E-state index contributed by atoms with van der Waals surface area (Å²) in [7, 11) is 0. The van der Waals surface area contributed by atoms with Crippen LogP contribution in [0.4, 0.5) is 0 Å². The molecule has 1 aliphatic rings. The summed E-state index contributed by atoms with van der Waals surface area (Å²) in [6, 6.07) is 3.21. The van der Waals surface area contributed by atoms with Crippen molar-refractivity contribution in [2.75, 3.05) is 0 Å². The minimum absolute atomic E-state index is 0.0135. The zero-order valence-corrected chi connectivity index (χ0v) is 11.4. The Bertz CT molecular complexity index is 630. The summed E-state index contributed by atoms with van der Waals surface area (Å²) in [5, 5.41) is 3.91. The number of nitrogens with one attached hydrogen (secondary N) is 1. The van der Waals surface area contributed by atoms with Crippen molar-refractivity contribution in [2.45, 2.75) is 6.42 Å². The largest absolute Gasteiger partial charge is 0.290 e. The lowest BCUT2D eigenvalue weighted by molar-refractivity contribution is -0.111. The molecule has 1 atom stereocenters. The van der Waals surface area contributed by atoms with Crippen molar-refractivity contribution in [2.24, 2.45) is 11.0 Å². The van der Waals surface area contributed by atoms with Crippen molar-refractivity contribution < 1.29 is 9.59 Å². The van der Waals surface area contributed by atoms with Gasteiger partial charge >= 0.3 is 0 Å². The Kier molecular flexibility index (Phi) is 4.93. The monoisotopic (exact) mass is 281 g/mol. The molecular weight excluding hydrogens is 266 g/mol. The van der Waals surface area contributed by atoms with Gasteiger partial charge in [-0.2, -0.15) is 5.10 Å². The third-order valence-corrected chi connectivity index (χ3v) is 2.90. The van der Waals surface area contributed by atoms with Crippen molar-refractivity contribution in [3.05, 3.63) is 66.5 Å². The molecule has 0 fully saturated rings. The van der Waals surface area contributed by atoms with Crippen LogP contribution in [0.25, 0.3) is 0 Å². The second-order valence-electron chi connectivity index (χ2n) is 4.44. The van der Waals surface area contributed by atoms with Crippen LogP contribution in [-0.2, 0) is 4.79 Å². The molecule has 0 radical (unpaired) electrons. The summed E-state index contributed by atoms with van der Waals surface area (Å²) in [5.41, 5.74) is 3.61. The van der Waals surface area contributed by atoms with Crippen molar-refractivity contribution in [3.63, 3.8) is 0 Å². The van der Waals surface area contributed by atoms with Crippen LogP contribution in [0.1, 0.15) is 16.8 Å². The number of carbonyl (C=O) groups is 2. The van der Waals surface area contributed by atoms with E-state index in [1.165, 1.54) is 6.08 Å². The van der Waals surface area contributed by atoms with Crippen molar-refractivity contribution in [3.8, 4) is 0 Å². The average Bonchev–Trinajstić information content (AvgIpc) is 2.51. The molecule has 1 heterocycles. The van der Waals surface area contributed by atoms with E-state index in [0.717, 1.165) is 0 Å². The number of hydrogen-bond donors (Lipinski definition) is 1. The first-order valence-electron chi connectivity index (χ1n) is 6.48. The highest BCUT2D eigenvalue weighted by Crippen LogP contribution is 2.15. The Hall–Kier alpha value is -2.82. The Labute approximate surface area is 122 Å². The summed E-state index contributed by atoms with van der Waals surface area (Å²) in [5.74, 6) is -0.435. The highest BCUT2D eigenvalue weighted by Gasteiger charge is 2.12. The first-order chi connectivity index (χ1) is 10.2. The Morgan fingerprint density at radius 2 is 2.19 bits per heavy atom. The van der Waals surface area contributed by atoms with Gasteiger partial charge in [0.1, 0.15) is 0 Å². The van der Waals surface area contributed by atoms with E-state index in [1.54, 1.807) is 42.9 Å². The highest BCUT2D eigenvalue weighted by atomic mass is 16.2. The predicted molar refractivity (Wildman–Crippen MR) is 80.7 cm³/mol. The van der Waals surface area contributed by atoms with Gasteiger partial charge in [-0.3, -0.25) is 14.6 Å². The van der Waals surface area contributed by atoms with E-state index in [9.17, 15) is 9.59 Å². The first-order valence-corrected chi connectivity index (χ1v) is 6.48. The molecule has 0 saturated heterocycles. The molecule has 5 heteroatoms. The van der Waals surface area contributed by atoms with Crippen molar-refractivity contribution >= 4 is 17.9 Å². The Balaban J connectivity index is 1.95. The standard InChI is InChI=1S/C16H15N3O2/c1-2-3-14-10-12(4-5-15(14)20)11-18-19-16(21)13-6-8-17-9-7-13/h2,4-12H,1,3H2,(H,19,21). The van der Waals surface area contributed by atoms with E-state index >= 15 is 0 Å². The van der Waals surface area contributed by atoms with E-state index in [-0.39, 0.29) is 17.6 Å². The molecule has 5 nitrogen and oxygen atoms in total. The van der Waals surface area contributed by atoms with Crippen molar-refractivity contribution in [1.82, 2.24) is 10.4 Å². The molecule has 0 spiro atoms. The number of hydrogen-bond acceptors (Lipinski definition) is 4. The van der Waals surface area contributed by atoms with Crippen molar-refractivity contribution in [1.29, 1.82) is 0 Å². The van der Waals surface area contributed by atoms with Crippen LogP contribution in [0.3, 0.4) is 0 Å². The number of aromatic nitrogens is 1. The molecule has 106 valence electrons. The quantitative estimate of drug-likeness (QED) is 0.510. The molecular formula is C16H15N3O2. The maximum Gasteiger partial charge on any atom is 0.271 e. The van der Waals surface area contributed by atoms with E-state index in [0.29, 0.717) is 17.6 Å². The van der Waals surface area contributed by atoms with Crippen LogP contribution in [-0.4, -0.2) is 22.9 Å². The lowest BCUT2D eigenvalue weighted by Crippen LogP contribution is -2.18. The number of ketones is 1. The smallest absolute Gasteiger partial charge is 0.271 e. The van der Waals surface area contributed by atoms with Crippen LogP contribution in [0.15, 0.2) is 66.1 Å². The highest BCUT2D eigenvalue weighted by molar-refractivity contribution is 6.06. The second-order valence-corrected chi connectivity index (χ2v) is 4.44. The molecule has 1 aromatic heterocycles. The summed E-state index contributed by atoms with van der Waals surface area (Å²) >= 11 is 0. The zero-order valence-electron chi connectivity index (χ0n) is 11.4. The third-order valence-electron chi connectivity index (χ3n) is 2.90. The molecule has 1 aliphatic carbocycles. The number of nitrogens with zero attached hydrogens (tertiary/aromatic N) is 2. The Morgan fingerprint density at radius 1 is 1.43 bits per heavy atom. The molecule has 21 heavy (non-hydrogen) atoms. The Morgan fingerprint density at radius 3 is 2.90 bits per heavy atom. The minimum Gasteiger partial charge on any atom is -0.290 e. The third kappa shape index (κ3) is 4.07. The van der Waals surface area contributed by atoms with Gasteiger partial charge in [-0.1, -0.05) is 18.2 Å². The minimum atomic E-state index is -0.306. The topological polar surface area (TPSA) is 71.4 Å². The maximum absolute atomic E-state index is 11.8. The normalized spacial score (nSPS) is 17.6. The van der Waals surface area contributed by atoms with Gasteiger partial charge < -0.3 is 0 Å². The van der Waals surface area contributed by atoms with Crippen LogP contribution >= 0.6 is 0 Å². The van der Waals surface area contributed by atoms with Gasteiger partial charge in [-0.15, -0.1) is 6.58 Å². The van der Waals surface area contributed by atoms with Crippen LogP contribution in [0, 0.1) is 5.92 Å². The fourth-order valence-electron chi connectivity index (χ4n) is 1.84. The summed E-state index contributed by atoms with van der Waals surface area (Å²) in [6.07, 6.45) is 11.9. The fraction of sp³-hybridized carbons (Fsp3) is 0.125. The van der Waals surface area contributed by atoms with Gasteiger partial charge in [-0.25, -0.2) is 5.43 Å². The van der Waals surface area contributed by atoms with Gasteiger partial charge in [0.15, 0.2) is 5.78 Å². The van der Waals surface area contributed by atoms with E-state index < -0.39 is 0 Å². The summed E-state index contributed by atoms with van der Waals surface area (Å²) in [4.78, 5) is 27.2. The first kappa shape index (κ1) is 14.6. The van der Waals surface area contributed by atoms with E-state index in [4.69, 9.17) is 0 Å². The number of carbonyl (C=O) groups excluding carboxylic acids is 2. The number of allylic oxidation sites excluding steroid dienone is 5. The molecule has 0 aromatic carbocycles. The molecule has 0 aliphatic heterocycles. The SMILES string of the molecule is C=CCC1=CC(C=NNC(=O)c2ccncc2)C=CC1=O. The summed E-state index contributed by atoms with van der Waals surface area (Å²) in [6.45, 7) is 3.62. The molecule has 0 saturated carbocycles. The van der Waals surface area contributed by atoms with Gasteiger partial charge in [-0.05, 0) is 24.6 Å². The molecule has 1 aromatic rings. The lowest BCUT2D eigenvalue weighted by Gasteiger charge is -2.10. The molecule has 2 rings (SSSR count). The van der Waals surface area contributed by atoms with Gasteiger partial charge in [0, 0.05) is 35.7 Å². The predicted octanol–water partition coefficient (Wildman–Crippen LogP) is 2.05. The number of rotatable bonds is 5. The number of pyridine rings is 1. The lowest BCUT2D eigenvalue weighted by atomic mass is 9.95. The molecule has 1 unspecified atom stereocenters. The molecule has 0 bridgehead atoms. The van der Waals surface area contributed by atoms with E-state index in [1.807, 2.05) is 6.08 Å². The van der Waals surface area contributed by atoms with Gasteiger partial charge in [0.25, 0.3) is 5.91 Å². The number of hydrazone groups is 1.